The molecule has 0 unspecified atom stereocenters. The van der Waals surface area contributed by atoms with E-state index >= 15 is 0 Å². The molecule has 0 aromatic rings. The number of hydrogen-bond donors (Lipinski definition) is 33. The topological polar surface area (TPSA) is 910 Å². The molecule has 0 aromatic heterocycles. The predicted molar refractivity (Wildman–Crippen MR) is 387 cm³/mol. The van der Waals surface area contributed by atoms with Gasteiger partial charge in [0.2, 0.25) is 35.4 Å². The number of aliphatic carboxylic acids is 3. The molecular formula is C69H112N6O51. The average Bonchev–Trinajstić information content (AvgIpc) is 0.747. The van der Waals surface area contributed by atoms with Crippen LogP contribution < -0.4 is 31.9 Å². The molecule has 0 bridgehead atoms. The summed E-state index contributed by atoms with van der Waals surface area (Å²) in [5.41, 5.74) is 0. The Morgan fingerprint density at radius 2 is 0.738 bits per heavy atom. The van der Waals surface area contributed by atoms with Crippen molar-refractivity contribution in [1.29, 1.82) is 0 Å². The summed E-state index contributed by atoms with van der Waals surface area (Å²) in [5.74, 6) is -23.3. The van der Waals surface area contributed by atoms with Crippen LogP contribution in [-0.2, 0) is 114 Å². The summed E-state index contributed by atoms with van der Waals surface area (Å²) in [4.78, 5) is 117. The van der Waals surface area contributed by atoms with Crippen molar-refractivity contribution in [2.75, 3.05) is 59.5 Å². The zero-order chi connectivity index (χ0) is 94.1. The Bertz CT molecular complexity index is 3630. The van der Waals surface area contributed by atoms with E-state index in [4.69, 9.17) is 71.1 Å². The maximum Gasteiger partial charge on any atom is 0.364 e. The molecule has 0 aliphatic carbocycles. The number of aliphatic hydroxyl groups is 24. The maximum absolute atomic E-state index is 13.9. The van der Waals surface area contributed by atoms with E-state index in [2.05, 4.69) is 31.9 Å². The van der Waals surface area contributed by atoms with E-state index < -0.39 is 394 Å². The van der Waals surface area contributed by atoms with Crippen LogP contribution in [0.1, 0.15) is 53.9 Å². The zero-order valence-corrected chi connectivity index (χ0v) is 67.5. The van der Waals surface area contributed by atoms with E-state index in [-0.39, 0.29) is 0 Å². The van der Waals surface area contributed by atoms with E-state index in [9.17, 15) is 181 Å². The SMILES string of the molecule is CC(=O)N[C@@H]1[C@@H](O[C@@H]2O[C@H](CO)[C@H](O)[C@H](O[C@@H]3O[C@H](CO)[C@H](O[C@@H]4O[C@H](CO)[C@H](O[C@@H]5O[C@H](CO)[C@H](O)[C@H](O)[C@H]5NC(C)=O)[C@H](O[C@]5(C(=O)O)C[C@H](O)[C@@H](NC(=O)CO)[C@H]([C@H](O)[C@H](O)CO)O5)[C@H]4NC(C)=O)[C@H](O)[C@H]3O)[C@H]2O)[C@@H](O)[C@@H](CO[C@]2(C(=O)O)C[C@H](O)[C@@H](NC(C)=O)[C@H]([C@H](O)[C@@H](CO)O[C@]3(C(=O)O)C[C@H](O)[C@@H](NC(C)=O)[C@H]([C@H](O)[C@H](O)CO)O3)O2)O[C@@H]1O. The molecule has 6 amide bonds. The van der Waals surface area contributed by atoms with Gasteiger partial charge in [0.1, 0.15) is 183 Å². The number of carboxylic acid groups (broad SMARTS) is 3. The molecule has 8 rings (SSSR count). The molecule has 33 N–H and O–H groups in total. The lowest BCUT2D eigenvalue weighted by Gasteiger charge is -2.53. The Morgan fingerprint density at radius 1 is 0.357 bits per heavy atom. The number of nitrogens with one attached hydrogen (secondary N) is 6. The summed E-state index contributed by atoms with van der Waals surface area (Å²) in [6, 6.07) is -12.0. The largest absolute Gasteiger partial charge is 0.477 e. The normalized spacial score (nSPS) is 42.5. The van der Waals surface area contributed by atoms with E-state index in [1.807, 2.05) is 0 Å². The third-order valence-electron chi connectivity index (χ3n) is 22.1. The molecule has 126 heavy (non-hydrogen) atoms. The number of ether oxygens (including phenoxy) is 15. The number of rotatable bonds is 38. The Labute approximate surface area is 710 Å². The van der Waals surface area contributed by atoms with Crippen molar-refractivity contribution in [3.8, 4) is 0 Å². The number of carbonyl (C=O) groups is 9. The summed E-state index contributed by atoms with van der Waals surface area (Å²) < 4.78 is 88.1. The zero-order valence-electron chi connectivity index (χ0n) is 67.5. The highest BCUT2D eigenvalue weighted by Crippen LogP contribution is 2.44. The maximum atomic E-state index is 13.9. The van der Waals surface area contributed by atoms with Crippen molar-refractivity contribution in [3.05, 3.63) is 0 Å². The third-order valence-corrected chi connectivity index (χ3v) is 22.1. The van der Waals surface area contributed by atoms with Gasteiger partial charge in [0.15, 0.2) is 31.5 Å². The monoisotopic (exact) mass is 1840 g/mol. The molecule has 57 heteroatoms. The lowest BCUT2D eigenvalue weighted by Crippen LogP contribution is -2.74. The van der Waals surface area contributed by atoms with Crippen molar-refractivity contribution < 1.29 is 252 Å². The first kappa shape index (κ1) is 105. The van der Waals surface area contributed by atoms with Gasteiger partial charge >= 0.3 is 17.9 Å². The summed E-state index contributed by atoms with van der Waals surface area (Å²) in [5, 5.41) is 313. The first-order valence-electron chi connectivity index (χ1n) is 39.2. The number of hydrogen-bond acceptors (Lipinski definition) is 48. The molecule has 43 atom stereocenters. The van der Waals surface area contributed by atoms with Gasteiger partial charge in [-0.25, -0.2) is 14.4 Å². The average molecular weight is 1840 g/mol. The van der Waals surface area contributed by atoms with E-state index in [0.717, 1.165) is 34.6 Å². The number of aliphatic hydroxyl groups excluding tert-OH is 24. The fourth-order valence-corrected chi connectivity index (χ4v) is 15.9. The molecule has 8 fully saturated rings. The summed E-state index contributed by atoms with van der Waals surface area (Å²) in [6.45, 7) is -7.49. The lowest BCUT2D eigenvalue weighted by atomic mass is 9.87. The molecule has 8 heterocycles. The Morgan fingerprint density at radius 3 is 1.23 bits per heavy atom. The number of carboxylic acids is 3. The second kappa shape index (κ2) is 44.7. The Balaban J connectivity index is 1.07. The second-order valence-electron chi connectivity index (χ2n) is 31.1. The fraction of sp³-hybridized carbons (Fsp3) is 0.870. The highest BCUT2D eigenvalue weighted by atomic mass is 16.8. The molecule has 0 aromatic carbocycles. The van der Waals surface area contributed by atoms with E-state index in [1.54, 1.807) is 0 Å². The van der Waals surface area contributed by atoms with Gasteiger partial charge in [-0.1, -0.05) is 0 Å². The van der Waals surface area contributed by atoms with Crippen molar-refractivity contribution in [3.63, 3.8) is 0 Å². The van der Waals surface area contributed by atoms with Crippen molar-refractivity contribution in [2.45, 2.75) is 316 Å². The minimum atomic E-state index is -3.53. The van der Waals surface area contributed by atoms with Crippen LogP contribution in [0.2, 0.25) is 0 Å². The van der Waals surface area contributed by atoms with Gasteiger partial charge in [-0.3, -0.25) is 28.8 Å². The van der Waals surface area contributed by atoms with E-state index in [0.29, 0.717) is 0 Å². The minimum absolute atomic E-state index is 0.809. The van der Waals surface area contributed by atoms with Crippen LogP contribution in [0.15, 0.2) is 0 Å². The van der Waals surface area contributed by atoms with Crippen molar-refractivity contribution >= 4 is 53.4 Å². The molecule has 0 saturated carbocycles. The van der Waals surface area contributed by atoms with Gasteiger partial charge in [0.25, 0.3) is 17.4 Å². The van der Waals surface area contributed by atoms with Gasteiger partial charge in [0, 0.05) is 53.9 Å². The highest BCUT2D eigenvalue weighted by Gasteiger charge is 2.66. The van der Waals surface area contributed by atoms with Gasteiger partial charge in [-0.05, 0) is 0 Å². The van der Waals surface area contributed by atoms with E-state index in [1.165, 1.54) is 0 Å². The second-order valence-corrected chi connectivity index (χ2v) is 31.1. The Kier molecular flexibility index (Phi) is 37.3. The first-order valence-corrected chi connectivity index (χ1v) is 39.2. The Hall–Kier alpha value is -6.33. The van der Waals surface area contributed by atoms with Crippen LogP contribution in [0, 0.1) is 0 Å². The molecule has 8 aliphatic heterocycles. The smallest absolute Gasteiger partial charge is 0.364 e. The molecule has 724 valence electrons. The van der Waals surface area contributed by atoms with Crippen molar-refractivity contribution in [2.24, 2.45) is 0 Å². The van der Waals surface area contributed by atoms with Crippen LogP contribution in [0.4, 0.5) is 0 Å². The van der Waals surface area contributed by atoms with Gasteiger partial charge in [-0.15, -0.1) is 0 Å². The lowest BCUT2D eigenvalue weighted by molar-refractivity contribution is -0.394. The quantitative estimate of drug-likeness (QED) is 0.0273. The third kappa shape index (κ3) is 23.4. The molecule has 8 saturated heterocycles. The van der Waals surface area contributed by atoms with Crippen LogP contribution in [0.5, 0.6) is 0 Å². The van der Waals surface area contributed by atoms with Crippen molar-refractivity contribution in [1.82, 2.24) is 31.9 Å². The van der Waals surface area contributed by atoms with Gasteiger partial charge < -0.3 is 241 Å². The summed E-state index contributed by atoms with van der Waals surface area (Å²) in [7, 11) is 0. The number of carbonyl (C=O) groups excluding carboxylic acids is 6. The summed E-state index contributed by atoms with van der Waals surface area (Å²) >= 11 is 0. The van der Waals surface area contributed by atoms with Crippen LogP contribution in [0.25, 0.3) is 0 Å². The molecule has 8 aliphatic rings. The highest BCUT2D eigenvalue weighted by molar-refractivity contribution is 5.79. The fourth-order valence-electron chi connectivity index (χ4n) is 15.9. The molecule has 57 nitrogen and oxygen atoms in total. The van der Waals surface area contributed by atoms with Gasteiger partial charge in [-0.2, -0.15) is 0 Å². The van der Waals surface area contributed by atoms with Crippen LogP contribution in [0.3, 0.4) is 0 Å². The first-order chi connectivity index (χ1) is 59.1. The number of amides is 6. The molecule has 0 radical (unpaired) electrons. The van der Waals surface area contributed by atoms with Crippen LogP contribution in [-0.4, -0.2) is 513 Å². The predicted octanol–water partition coefficient (Wildman–Crippen LogP) is -21.0. The minimum Gasteiger partial charge on any atom is -0.477 e. The standard InChI is InChI=1S/C69H112N6O51/c1-18(84)70-35-24(90)7-68(65(108)109,124-54(35)41(95)26(92)9-76)122-30(13-80)45(99)56-36(71-19(2)85)23(89)6-67(123-56,64(106)107)112-17-33-46(100)53(39(59(105)113-33)73-21(4)87)120-63-50(104)58(44(98)29(12-79)115-63)121-62-49(103)48(102)51(31(14-81)117-62)118-61-40(74-22(5)88)57(52(32(15-82)116-61)119-60-38(72-20(3)86)47(101)43(97)28(11-78)114-60)126-69(66(110)111)8-25(91)37(75-34(94)16-83)55(125-69)42(96)27(93)10-77/h23-33,35-63,76-83,89-93,95-105H,6-17H2,1-5H3,(H,70,84)(H,71,85)(H,72,86)(H,73,87)(H,74,88)(H,75,94)(H,106,107)(H,108,109)(H,110,111)/t23-,24-,25-,26+,27+,28+,29+,30+,31+,32+,33+,35+,36+,37+,38+,39+,40+,41+,42+,43-,44-,45+,46-,47+,48+,49+,50+,51-,52-,53+,54+,55+,56+,57+,58-,59-,60-,61-,62-,63-,67+,68+,69-/m0/s1. The molecular weight excluding hydrogens is 1730 g/mol. The summed E-state index contributed by atoms with van der Waals surface area (Å²) in [6.07, 6.45) is -82.9. The molecule has 0 spiro atoms. The van der Waals surface area contributed by atoms with Gasteiger partial charge in [0.05, 0.1) is 89.3 Å². The van der Waals surface area contributed by atoms with Crippen LogP contribution >= 0.6 is 0 Å².